The topological polar surface area (TPSA) is 88.7 Å². The summed E-state index contributed by atoms with van der Waals surface area (Å²) in [5.41, 5.74) is -0.370. The number of ether oxygens (including phenoxy) is 2. The minimum Gasteiger partial charge on any atom is -0.494 e. The van der Waals surface area contributed by atoms with Crippen molar-refractivity contribution in [2.45, 2.75) is 90.3 Å². The lowest BCUT2D eigenvalue weighted by Crippen LogP contribution is -2.40. The highest BCUT2D eigenvalue weighted by atomic mass is 16.5. The van der Waals surface area contributed by atoms with Crippen LogP contribution < -0.4 is 14.6 Å². The molecule has 0 spiro atoms. The van der Waals surface area contributed by atoms with E-state index in [4.69, 9.17) is 9.47 Å². The van der Waals surface area contributed by atoms with Crippen LogP contribution in [-0.2, 0) is 21.8 Å². The SMILES string of the molecule is CCCCCCCCCCCCOc1cccc(C2(O)NC(=O)c3c[n+](CC(=O)OCC)ccc32)c1. The molecule has 7 heteroatoms. The Hall–Kier alpha value is -2.93. The minimum atomic E-state index is -1.66. The van der Waals surface area contributed by atoms with E-state index in [2.05, 4.69) is 12.2 Å². The summed E-state index contributed by atoms with van der Waals surface area (Å²) < 4.78 is 12.5. The summed E-state index contributed by atoms with van der Waals surface area (Å²) in [7, 11) is 0. The Morgan fingerprint density at radius 2 is 1.69 bits per heavy atom. The maximum absolute atomic E-state index is 12.7. The van der Waals surface area contributed by atoms with Gasteiger partial charge >= 0.3 is 5.97 Å². The molecule has 36 heavy (non-hydrogen) atoms. The number of hydrogen-bond donors (Lipinski definition) is 2. The number of carbonyl (C=O) groups is 2. The molecule has 0 saturated carbocycles. The fraction of sp³-hybridized carbons (Fsp3) is 0.552. The fourth-order valence-corrected chi connectivity index (χ4v) is 4.61. The van der Waals surface area contributed by atoms with Gasteiger partial charge in [-0.3, -0.25) is 4.79 Å². The molecule has 1 amide bonds. The molecule has 1 aromatic heterocycles. The number of pyridine rings is 1. The number of aromatic nitrogens is 1. The van der Waals surface area contributed by atoms with Gasteiger partial charge in [0.05, 0.1) is 13.2 Å². The molecule has 0 saturated heterocycles. The van der Waals surface area contributed by atoms with Crippen molar-refractivity contribution in [2.24, 2.45) is 0 Å². The lowest BCUT2D eigenvalue weighted by atomic mass is 9.95. The minimum absolute atomic E-state index is 0.00485. The number of carbonyl (C=O) groups excluding carboxylic acids is 2. The van der Waals surface area contributed by atoms with Crippen LogP contribution in [0.4, 0.5) is 0 Å². The molecule has 2 aromatic rings. The van der Waals surface area contributed by atoms with Crippen molar-refractivity contribution in [2.75, 3.05) is 13.2 Å². The largest absolute Gasteiger partial charge is 0.494 e. The molecule has 2 heterocycles. The first kappa shape index (κ1) is 27.7. The Kier molecular flexibility index (Phi) is 10.7. The Morgan fingerprint density at radius 3 is 2.39 bits per heavy atom. The number of aliphatic hydroxyl groups is 1. The first-order chi connectivity index (χ1) is 17.5. The number of nitrogens with one attached hydrogen (secondary N) is 1. The van der Waals surface area contributed by atoms with Crippen LogP contribution in [0.1, 0.15) is 99.5 Å². The van der Waals surface area contributed by atoms with Gasteiger partial charge in [-0.05, 0) is 25.5 Å². The van der Waals surface area contributed by atoms with E-state index < -0.39 is 11.6 Å². The van der Waals surface area contributed by atoms with Gasteiger partial charge in [0.25, 0.3) is 5.91 Å². The van der Waals surface area contributed by atoms with E-state index in [9.17, 15) is 14.7 Å². The van der Waals surface area contributed by atoms with Crippen LogP contribution in [0.5, 0.6) is 5.75 Å². The highest BCUT2D eigenvalue weighted by Gasteiger charge is 2.44. The van der Waals surface area contributed by atoms with Gasteiger partial charge in [0.1, 0.15) is 11.3 Å². The lowest BCUT2D eigenvalue weighted by molar-refractivity contribution is -0.686. The Labute approximate surface area is 214 Å². The lowest BCUT2D eigenvalue weighted by Gasteiger charge is -2.24. The van der Waals surface area contributed by atoms with Crippen molar-refractivity contribution in [3.63, 3.8) is 0 Å². The molecule has 3 rings (SSSR count). The van der Waals surface area contributed by atoms with Gasteiger partial charge in [-0.1, -0.05) is 76.8 Å². The average Bonchev–Trinajstić information content (AvgIpc) is 3.13. The van der Waals surface area contributed by atoms with Crippen LogP contribution in [0, 0.1) is 0 Å². The molecule has 0 bridgehead atoms. The van der Waals surface area contributed by atoms with Crippen LogP contribution in [0.3, 0.4) is 0 Å². The monoisotopic (exact) mass is 497 g/mol. The molecule has 2 N–H and O–H groups in total. The third-order valence-corrected chi connectivity index (χ3v) is 6.58. The van der Waals surface area contributed by atoms with Crippen LogP contribution in [0.2, 0.25) is 0 Å². The number of rotatable bonds is 16. The third kappa shape index (κ3) is 7.53. The molecule has 1 aromatic carbocycles. The number of nitrogens with zero attached hydrogens (tertiary/aromatic N) is 1. The van der Waals surface area contributed by atoms with Crippen molar-refractivity contribution < 1.29 is 28.7 Å². The van der Waals surface area contributed by atoms with E-state index in [1.54, 1.807) is 42.1 Å². The molecule has 1 unspecified atom stereocenters. The summed E-state index contributed by atoms with van der Waals surface area (Å²) >= 11 is 0. The van der Waals surface area contributed by atoms with E-state index in [0.717, 1.165) is 12.8 Å². The molecular formula is C29H41N2O5+. The molecule has 1 atom stereocenters. The van der Waals surface area contributed by atoms with Crippen LogP contribution in [0.25, 0.3) is 0 Å². The van der Waals surface area contributed by atoms with Gasteiger partial charge in [0, 0.05) is 17.2 Å². The zero-order chi connectivity index (χ0) is 25.8. The van der Waals surface area contributed by atoms with Gasteiger partial charge in [0.2, 0.25) is 6.54 Å². The van der Waals surface area contributed by atoms with E-state index in [1.807, 2.05) is 12.1 Å². The van der Waals surface area contributed by atoms with Gasteiger partial charge in [-0.15, -0.1) is 0 Å². The first-order valence-corrected chi connectivity index (χ1v) is 13.4. The summed E-state index contributed by atoms with van der Waals surface area (Å²) in [6.07, 6.45) is 15.9. The molecule has 0 aliphatic carbocycles. The molecule has 1 aliphatic heterocycles. The summed E-state index contributed by atoms with van der Waals surface area (Å²) in [5, 5.41) is 14.1. The predicted octanol–water partition coefficient (Wildman–Crippen LogP) is 4.77. The van der Waals surface area contributed by atoms with Gasteiger partial charge in [0.15, 0.2) is 18.1 Å². The van der Waals surface area contributed by atoms with E-state index in [1.165, 1.54) is 51.4 Å². The Balaban J connectivity index is 1.51. The maximum atomic E-state index is 12.7. The van der Waals surface area contributed by atoms with Crippen molar-refractivity contribution in [1.29, 1.82) is 0 Å². The highest BCUT2D eigenvalue weighted by molar-refractivity contribution is 5.99. The number of esters is 1. The summed E-state index contributed by atoms with van der Waals surface area (Å²) in [4.78, 5) is 24.4. The number of benzene rings is 1. The van der Waals surface area contributed by atoms with Crippen molar-refractivity contribution in [3.05, 3.63) is 59.4 Å². The fourth-order valence-electron chi connectivity index (χ4n) is 4.61. The van der Waals surface area contributed by atoms with Crippen LogP contribution >= 0.6 is 0 Å². The predicted molar refractivity (Wildman–Crippen MR) is 138 cm³/mol. The Bertz CT molecular complexity index is 1010. The van der Waals surface area contributed by atoms with Crippen molar-refractivity contribution >= 4 is 11.9 Å². The van der Waals surface area contributed by atoms with E-state index in [0.29, 0.717) is 35.7 Å². The molecule has 196 valence electrons. The molecule has 0 radical (unpaired) electrons. The quantitative estimate of drug-likeness (QED) is 0.198. The average molecular weight is 498 g/mol. The van der Waals surface area contributed by atoms with Gasteiger partial charge in [-0.25, -0.2) is 4.79 Å². The summed E-state index contributed by atoms with van der Waals surface area (Å²) in [6, 6.07) is 8.87. The highest BCUT2D eigenvalue weighted by Crippen LogP contribution is 2.35. The van der Waals surface area contributed by atoms with Gasteiger partial charge < -0.3 is 19.9 Å². The zero-order valence-corrected chi connectivity index (χ0v) is 21.8. The summed E-state index contributed by atoms with van der Waals surface area (Å²) in [5.74, 6) is -0.126. The molecule has 0 fully saturated rings. The number of fused-ring (bicyclic) bond motifs is 1. The van der Waals surface area contributed by atoms with E-state index in [-0.39, 0.29) is 12.5 Å². The standard InChI is InChI=1S/C29H40N2O5/c1-3-5-6-7-8-9-10-11-12-13-19-36-24-16-14-15-23(20-24)29(34)26-17-18-31(22-27(32)35-4-2)21-25(26)28(33)30-29/h14-18,20-21,34H,3-13,19,22H2,1-2H3/p+1. The molecule has 1 aliphatic rings. The smallest absolute Gasteiger partial charge is 0.372 e. The number of hydrogen-bond acceptors (Lipinski definition) is 5. The van der Waals surface area contributed by atoms with Crippen molar-refractivity contribution in [1.82, 2.24) is 5.32 Å². The normalized spacial score (nSPS) is 16.5. The second-order valence-electron chi connectivity index (χ2n) is 9.47. The first-order valence-electron chi connectivity index (χ1n) is 13.4. The third-order valence-electron chi connectivity index (χ3n) is 6.58. The van der Waals surface area contributed by atoms with E-state index >= 15 is 0 Å². The van der Waals surface area contributed by atoms with Gasteiger partial charge in [-0.2, -0.15) is 4.57 Å². The zero-order valence-electron chi connectivity index (χ0n) is 21.8. The Morgan fingerprint density at radius 1 is 1.00 bits per heavy atom. The molecule has 7 nitrogen and oxygen atoms in total. The molecular weight excluding hydrogens is 456 g/mol. The number of amides is 1. The maximum Gasteiger partial charge on any atom is 0.372 e. The second-order valence-corrected chi connectivity index (χ2v) is 9.47. The van der Waals surface area contributed by atoms with Crippen molar-refractivity contribution in [3.8, 4) is 5.75 Å². The van der Waals surface area contributed by atoms with Crippen LogP contribution in [0.15, 0.2) is 42.7 Å². The summed E-state index contributed by atoms with van der Waals surface area (Å²) in [6.45, 7) is 4.90. The number of unbranched alkanes of at least 4 members (excludes halogenated alkanes) is 9. The van der Waals surface area contributed by atoms with Crippen LogP contribution in [-0.4, -0.2) is 30.2 Å². The second kappa shape index (κ2) is 14.0.